The van der Waals surface area contributed by atoms with Crippen LogP contribution in [0.15, 0.2) is 45.7 Å². The summed E-state index contributed by atoms with van der Waals surface area (Å²) < 4.78 is 50.3. The normalized spacial score (nSPS) is 11.1. The first-order chi connectivity index (χ1) is 14.8. The lowest BCUT2D eigenvalue weighted by molar-refractivity contribution is 0.0434. The molecule has 2 aromatic carbocycles. The minimum absolute atomic E-state index is 0.0222. The molecule has 0 N–H and O–H groups in total. The molecule has 0 spiro atoms. The lowest BCUT2D eigenvalue weighted by Gasteiger charge is -2.12. The van der Waals surface area contributed by atoms with Gasteiger partial charge in [-0.1, -0.05) is 12.1 Å². The summed E-state index contributed by atoms with van der Waals surface area (Å²) in [7, 11) is 0.849. The van der Waals surface area contributed by atoms with E-state index in [0.717, 1.165) is 6.26 Å². The Balaban J connectivity index is 1.80. The van der Waals surface area contributed by atoms with Crippen LogP contribution in [-0.4, -0.2) is 52.2 Å². The Labute approximate surface area is 178 Å². The second-order valence-electron chi connectivity index (χ2n) is 6.26. The zero-order valence-electron chi connectivity index (χ0n) is 17.2. The molecule has 0 radical (unpaired) electrons. The number of nitrogens with zero attached hydrogens (tertiary/aromatic N) is 2. The second-order valence-corrected chi connectivity index (χ2v) is 8.24. The third-order valence-electron chi connectivity index (χ3n) is 4.21. The fraction of sp³-hybridized carbons (Fsp3) is 0.250. The van der Waals surface area contributed by atoms with E-state index < -0.39 is 15.8 Å². The highest BCUT2D eigenvalue weighted by molar-refractivity contribution is 7.90. The van der Waals surface area contributed by atoms with Crippen LogP contribution in [-0.2, 0) is 21.2 Å². The van der Waals surface area contributed by atoms with E-state index in [2.05, 4.69) is 10.2 Å². The highest BCUT2D eigenvalue weighted by Crippen LogP contribution is 2.40. The number of aromatic nitrogens is 2. The number of hydrogen-bond donors (Lipinski definition) is 0. The number of benzene rings is 2. The monoisotopic (exact) mass is 448 g/mol. The maximum atomic E-state index is 12.4. The van der Waals surface area contributed by atoms with Crippen molar-refractivity contribution in [2.45, 2.75) is 11.5 Å². The van der Waals surface area contributed by atoms with Crippen molar-refractivity contribution in [2.75, 3.05) is 27.6 Å². The number of ether oxygens (including phenoxy) is 4. The topological polar surface area (TPSA) is 127 Å². The summed E-state index contributed by atoms with van der Waals surface area (Å²) in [5.74, 6) is 0.553. The number of carbonyl (C=O) groups is 1. The van der Waals surface area contributed by atoms with Crippen molar-refractivity contribution in [2.24, 2.45) is 0 Å². The molecule has 0 saturated heterocycles. The van der Waals surface area contributed by atoms with E-state index in [0.29, 0.717) is 22.8 Å². The lowest BCUT2D eigenvalue weighted by Crippen LogP contribution is -2.11. The highest BCUT2D eigenvalue weighted by atomic mass is 32.2. The van der Waals surface area contributed by atoms with E-state index in [9.17, 15) is 13.2 Å². The maximum absolute atomic E-state index is 12.4. The molecule has 164 valence electrons. The van der Waals surface area contributed by atoms with Gasteiger partial charge in [-0.3, -0.25) is 0 Å². The molecule has 0 aliphatic rings. The number of esters is 1. The summed E-state index contributed by atoms with van der Waals surface area (Å²) in [6, 6.07) is 9.03. The highest BCUT2D eigenvalue weighted by Gasteiger charge is 2.21. The molecule has 0 fully saturated rings. The minimum Gasteiger partial charge on any atom is -0.493 e. The first-order valence-electron chi connectivity index (χ1n) is 8.87. The molecule has 11 heteroatoms. The van der Waals surface area contributed by atoms with Gasteiger partial charge in [-0.25, -0.2) is 13.2 Å². The summed E-state index contributed by atoms with van der Waals surface area (Å²) in [5.41, 5.74) is 0.427. The van der Waals surface area contributed by atoms with Crippen molar-refractivity contribution in [3.8, 4) is 28.7 Å². The summed E-state index contributed by atoms with van der Waals surface area (Å²) >= 11 is 0. The number of methoxy groups -OCH3 is 3. The smallest absolute Gasteiger partial charge is 0.339 e. The molecule has 31 heavy (non-hydrogen) atoms. The molecule has 1 aromatic heterocycles. The fourth-order valence-corrected chi connectivity index (χ4v) is 3.67. The van der Waals surface area contributed by atoms with Gasteiger partial charge in [-0.15, -0.1) is 10.2 Å². The Morgan fingerprint density at radius 3 is 2.23 bits per heavy atom. The molecule has 3 aromatic rings. The average Bonchev–Trinajstić information content (AvgIpc) is 3.24. The van der Waals surface area contributed by atoms with Crippen molar-refractivity contribution >= 4 is 15.8 Å². The van der Waals surface area contributed by atoms with Gasteiger partial charge in [-0.2, -0.15) is 0 Å². The van der Waals surface area contributed by atoms with Gasteiger partial charge in [0, 0.05) is 11.8 Å². The molecule has 3 rings (SSSR count). The van der Waals surface area contributed by atoms with Gasteiger partial charge in [-0.05, 0) is 24.3 Å². The first-order valence-corrected chi connectivity index (χ1v) is 10.8. The predicted octanol–water partition coefficient (Wildman–Crippen LogP) is 2.52. The number of carbonyl (C=O) groups excluding carboxylic acids is 1. The van der Waals surface area contributed by atoms with Crippen molar-refractivity contribution < 1.29 is 36.6 Å². The van der Waals surface area contributed by atoms with Gasteiger partial charge in [0.2, 0.25) is 11.6 Å². The molecule has 1 heterocycles. The van der Waals surface area contributed by atoms with Gasteiger partial charge in [0.25, 0.3) is 5.89 Å². The number of rotatable bonds is 8. The first kappa shape index (κ1) is 22.1. The molecule has 0 saturated carbocycles. The molecular formula is C20H20N2O8S. The van der Waals surface area contributed by atoms with Crippen LogP contribution < -0.4 is 14.2 Å². The zero-order chi connectivity index (χ0) is 22.6. The van der Waals surface area contributed by atoms with E-state index in [1.807, 2.05) is 0 Å². The Bertz CT molecular complexity index is 1180. The van der Waals surface area contributed by atoms with Crippen LogP contribution in [0.4, 0.5) is 0 Å². The molecule has 10 nitrogen and oxygen atoms in total. The quantitative estimate of drug-likeness (QED) is 0.474. The van der Waals surface area contributed by atoms with Crippen molar-refractivity contribution in [3.05, 3.63) is 47.9 Å². The van der Waals surface area contributed by atoms with E-state index in [1.54, 1.807) is 18.2 Å². The van der Waals surface area contributed by atoms with Crippen LogP contribution in [0.5, 0.6) is 17.2 Å². The third kappa shape index (κ3) is 4.77. The van der Waals surface area contributed by atoms with Crippen LogP contribution >= 0.6 is 0 Å². The van der Waals surface area contributed by atoms with Crippen LogP contribution in [0.3, 0.4) is 0 Å². The summed E-state index contributed by atoms with van der Waals surface area (Å²) in [6.07, 6.45) is 1.01. The Hall–Kier alpha value is -3.60. The van der Waals surface area contributed by atoms with Crippen LogP contribution in [0.2, 0.25) is 0 Å². The lowest BCUT2D eigenvalue weighted by atomic mass is 10.2. The van der Waals surface area contributed by atoms with Crippen molar-refractivity contribution in [1.29, 1.82) is 0 Å². The Morgan fingerprint density at radius 2 is 1.65 bits per heavy atom. The molecule has 0 unspecified atom stereocenters. The SMILES string of the molecule is COc1cc(-c2nnc(COC(=O)c3ccccc3S(C)(=O)=O)o2)cc(OC)c1OC. The maximum Gasteiger partial charge on any atom is 0.339 e. The van der Waals surface area contributed by atoms with E-state index in [-0.39, 0.29) is 28.8 Å². The van der Waals surface area contributed by atoms with Crippen LogP contribution in [0, 0.1) is 0 Å². The largest absolute Gasteiger partial charge is 0.493 e. The van der Waals surface area contributed by atoms with Crippen LogP contribution in [0.25, 0.3) is 11.5 Å². The number of sulfone groups is 1. The summed E-state index contributed by atoms with van der Waals surface area (Å²) in [5, 5.41) is 7.80. The Kier molecular flexibility index (Phi) is 6.44. The molecular weight excluding hydrogens is 428 g/mol. The minimum atomic E-state index is -3.60. The van der Waals surface area contributed by atoms with E-state index in [4.69, 9.17) is 23.4 Å². The fourth-order valence-electron chi connectivity index (χ4n) is 2.80. The second kappa shape index (κ2) is 9.04. The van der Waals surface area contributed by atoms with Crippen LogP contribution in [0.1, 0.15) is 16.2 Å². The predicted molar refractivity (Wildman–Crippen MR) is 108 cm³/mol. The van der Waals surface area contributed by atoms with Gasteiger partial charge < -0.3 is 23.4 Å². The molecule has 0 aliphatic heterocycles. The Morgan fingerprint density at radius 1 is 1.00 bits per heavy atom. The molecule has 0 aliphatic carbocycles. The van der Waals surface area contributed by atoms with Gasteiger partial charge in [0.05, 0.1) is 31.8 Å². The van der Waals surface area contributed by atoms with E-state index in [1.165, 1.54) is 39.5 Å². The summed E-state index contributed by atoms with van der Waals surface area (Å²) in [6.45, 7) is -0.339. The van der Waals surface area contributed by atoms with E-state index >= 15 is 0 Å². The van der Waals surface area contributed by atoms with Crippen molar-refractivity contribution in [1.82, 2.24) is 10.2 Å². The van der Waals surface area contributed by atoms with Crippen molar-refractivity contribution in [3.63, 3.8) is 0 Å². The molecule has 0 amide bonds. The number of hydrogen-bond acceptors (Lipinski definition) is 10. The summed E-state index contributed by atoms with van der Waals surface area (Å²) in [4.78, 5) is 12.3. The molecule has 0 atom stereocenters. The average molecular weight is 448 g/mol. The standard InChI is InChI=1S/C20H20N2O8S/c1-26-14-9-12(10-15(27-2)18(14)28-3)19-22-21-17(30-19)11-29-20(23)13-7-5-6-8-16(13)31(4,24)25/h5-10H,11H2,1-4H3. The molecule has 0 bridgehead atoms. The van der Waals surface area contributed by atoms with Gasteiger partial charge in [0.15, 0.2) is 27.9 Å². The van der Waals surface area contributed by atoms with Gasteiger partial charge >= 0.3 is 5.97 Å². The zero-order valence-corrected chi connectivity index (χ0v) is 18.1. The van der Waals surface area contributed by atoms with Gasteiger partial charge in [0.1, 0.15) is 0 Å². The third-order valence-corrected chi connectivity index (χ3v) is 5.37.